The molecule has 0 aliphatic carbocycles. The number of rotatable bonds is 6. The number of thiophene rings is 1. The van der Waals surface area contributed by atoms with E-state index in [1.54, 1.807) is 11.3 Å². The highest BCUT2D eigenvalue weighted by atomic mass is 32.1. The van der Waals surface area contributed by atoms with E-state index in [0.717, 1.165) is 35.7 Å². The summed E-state index contributed by atoms with van der Waals surface area (Å²) in [6.07, 6.45) is 2.58. The van der Waals surface area contributed by atoms with Crippen LogP contribution < -0.4 is 10.6 Å². The third kappa shape index (κ3) is 5.53. The molecule has 7 heteroatoms. The van der Waals surface area contributed by atoms with Crippen LogP contribution in [0.25, 0.3) is 0 Å². The summed E-state index contributed by atoms with van der Waals surface area (Å²) in [4.78, 5) is 14.2. The maximum Gasteiger partial charge on any atom is 0.191 e. The van der Waals surface area contributed by atoms with Gasteiger partial charge < -0.3 is 10.6 Å². The van der Waals surface area contributed by atoms with Crippen LogP contribution in [0.15, 0.2) is 22.5 Å². The van der Waals surface area contributed by atoms with Crippen LogP contribution in [-0.4, -0.2) is 42.5 Å². The Morgan fingerprint density at radius 2 is 2.11 bits per heavy atom. The lowest BCUT2D eigenvalue weighted by Gasteiger charge is -2.36. The Labute approximate surface area is 170 Å². The van der Waals surface area contributed by atoms with Crippen LogP contribution >= 0.6 is 22.7 Å². The molecule has 0 aromatic carbocycles. The molecular formula is C20H31N5S2. The number of hydrogen-bond donors (Lipinski definition) is 2. The highest BCUT2D eigenvalue weighted by molar-refractivity contribution is 7.11. The third-order valence-corrected chi connectivity index (χ3v) is 7.28. The van der Waals surface area contributed by atoms with Crippen molar-refractivity contribution in [1.82, 2.24) is 20.5 Å². The fourth-order valence-corrected chi connectivity index (χ4v) is 5.28. The molecule has 2 aromatic heterocycles. The number of aryl methyl sites for hydroxylation is 2. The van der Waals surface area contributed by atoms with E-state index in [2.05, 4.69) is 63.8 Å². The van der Waals surface area contributed by atoms with Crippen LogP contribution in [0.3, 0.4) is 0 Å². The van der Waals surface area contributed by atoms with Crippen molar-refractivity contribution >= 4 is 28.6 Å². The second kappa shape index (κ2) is 9.66. The van der Waals surface area contributed by atoms with E-state index in [9.17, 15) is 0 Å². The van der Waals surface area contributed by atoms with Gasteiger partial charge in [0.2, 0.25) is 0 Å². The van der Waals surface area contributed by atoms with Gasteiger partial charge in [-0.25, -0.2) is 4.98 Å². The van der Waals surface area contributed by atoms with Gasteiger partial charge in [-0.2, -0.15) is 0 Å². The summed E-state index contributed by atoms with van der Waals surface area (Å²) < 4.78 is 0. The molecule has 27 heavy (non-hydrogen) atoms. The molecule has 2 aromatic rings. The van der Waals surface area contributed by atoms with Crippen LogP contribution in [0.4, 0.5) is 0 Å². The van der Waals surface area contributed by atoms with Gasteiger partial charge in [-0.3, -0.25) is 9.89 Å². The van der Waals surface area contributed by atoms with Crippen molar-refractivity contribution in [2.24, 2.45) is 10.9 Å². The number of guanidine groups is 1. The van der Waals surface area contributed by atoms with Gasteiger partial charge in [0, 0.05) is 23.3 Å². The van der Waals surface area contributed by atoms with Crippen molar-refractivity contribution in [3.8, 4) is 0 Å². The maximum atomic E-state index is 4.50. The topological polar surface area (TPSA) is 52.6 Å². The summed E-state index contributed by atoms with van der Waals surface area (Å²) in [6, 6.07) is 4.82. The van der Waals surface area contributed by atoms with E-state index >= 15 is 0 Å². The van der Waals surface area contributed by atoms with Crippen LogP contribution in [0.5, 0.6) is 0 Å². The molecule has 3 heterocycles. The largest absolute Gasteiger partial charge is 0.354 e. The van der Waals surface area contributed by atoms with Gasteiger partial charge in [0.05, 0.1) is 23.3 Å². The monoisotopic (exact) mass is 405 g/mol. The number of nitrogens with one attached hydrogen (secondary N) is 2. The predicted octanol–water partition coefficient (Wildman–Crippen LogP) is 3.96. The number of aliphatic imine (C=N–C) groups is 1. The zero-order chi connectivity index (χ0) is 19.2. The van der Waals surface area contributed by atoms with E-state index in [4.69, 9.17) is 0 Å². The molecule has 1 unspecified atom stereocenters. The molecule has 3 rings (SSSR count). The van der Waals surface area contributed by atoms with Crippen molar-refractivity contribution in [3.63, 3.8) is 0 Å². The third-order valence-electron chi connectivity index (χ3n) is 5.23. The quantitative estimate of drug-likeness (QED) is 0.564. The molecule has 1 atom stereocenters. The smallest absolute Gasteiger partial charge is 0.191 e. The molecule has 148 valence electrons. The van der Waals surface area contributed by atoms with Crippen LogP contribution in [0.1, 0.15) is 46.3 Å². The molecule has 2 N–H and O–H groups in total. The standard InChI is InChI=1S/C20H31N5S2/c1-14-7-9-25(10-8-14)17(18-6-5-11-26-18)12-22-20(21-4)23-13-19-15(2)24-16(3)27-19/h5-6,11,14,17H,7-10,12-13H2,1-4H3,(H2,21,22,23). The Balaban J connectivity index is 1.59. The first kappa shape index (κ1) is 20.3. The van der Waals surface area contributed by atoms with Gasteiger partial charge in [0.15, 0.2) is 5.96 Å². The summed E-state index contributed by atoms with van der Waals surface area (Å²) in [5, 5.41) is 10.3. The van der Waals surface area contributed by atoms with E-state index in [-0.39, 0.29) is 0 Å². The molecular weight excluding hydrogens is 374 g/mol. The summed E-state index contributed by atoms with van der Waals surface area (Å²) in [5.41, 5.74) is 1.11. The van der Waals surface area contributed by atoms with Gasteiger partial charge in [0.25, 0.3) is 0 Å². The summed E-state index contributed by atoms with van der Waals surface area (Å²) in [5.74, 6) is 1.70. The van der Waals surface area contributed by atoms with Gasteiger partial charge in [-0.15, -0.1) is 22.7 Å². The van der Waals surface area contributed by atoms with E-state index in [1.165, 1.54) is 35.7 Å². The van der Waals surface area contributed by atoms with E-state index < -0.39 is 0 Å². The minimum Gasteiger partial charge on any atom is -0.354 e. The van der Waals surface area contributed by atoms with E-state index in [1.807, 2.05) is 18.4 Å². The number of likely N-dealkylation sites (tertiary alicyclic amines) is 1. The minimum atomic E-state index is 0.406. The molecule has 0 bridgehead atoms. The second-order valence-corrected chi connectivity index (χ2v) is 9.56. The Bertz CT molecular complexity index is 730. The van der Waals surface area contributed by atoms with Crippen molar-refractivity contribution < 1.29 is 0 Å². The average Bonchev–Trinajstić information content (AvgIpc) is 3.29. The molecule has 0 spiro atoms. The van der Waals surface area contributed by atoms with Crippen molar-refractivity contribution in [1.29, 1.82) is 0 Å². The van der Waals surface area contributed by atoms with Crippen molar-refractivity contribution in [2.75, 3.05) is 26.7 Å². The first-order valence-electron chi connectivity index (χ1n) is 9.71. The zero-order valence-electron chi connectivity index (χ0n) is 16.8. The first-order chi connectivity index (χ1) is 13.1. The Kier molecular flexibility index (Phi) is 7.26. The number of hydrogen-bond acceptors (Lipinski definition) is 5. The van der Waals surface area contributed by atoms with Crippen LogP contribution in [0, 0.1) is 19.8 Å². The lowest BCUT2D eigenvalue weighted by atomic mass is 9.97. The molecule has 1 aliphatic rings. The van der Waals surface area contributed by atoms with Crippen molar-refractivity contribution in [3.05, 3.63) is 38.0 Å². The highest BCUT2D eigenvalue weighted by Crippen LogP contribution is 2.29. The number of aromatic nitrogens is 1. The molecule has 1 saturated heterocycles. The normalized spacial score (nSPS) is 17.9. The molecule has 0 saturated carbocycles. The average molecular weight is 406 g/mol. The number of thiazole rings is 1. The zero-order valence-corrected chi connectivity index (χ0v) is 18.4. The molecule has 0 radical (unpaired) electrons. The van der Waals surface area contributed by atoms with Crippen LogP contribution in [0.2, 0.25) is 0 Å². The fourth-order valence-electron chi connectivity index (χ4n) is 3.55. The molecule has 0 amide bonds. The SMILES string of the molecule is CN=C(NCc1sc(C)nc1C)NCC(c1cccs1)N1CCC(C)CC1. The summed E-state index contributed by atoms with van der Waals surface area (Å²) >= 11 is 3.60. The summed E-state index contributed by atoms with van der Waals surface area (Å²) in [6.45, 7) is 10.5. The van der Waals surface area contributed by atoms with Crippen molar-refractivity contribution in [2.45, 2.75) is 46.2 Å². The lowest BCUT2D eigenvalue weighted by molar-refractivity contribution is 0.140. The van der Waals surface area contributed by atoms with Gasteiger partial charge in [0.1, 0.15) is 0 Å². The Morgan fingerprint density at radius 1 is 1.33 bits per heavy atom. The van der Waals surface area contributed by atoms with Gasteiger partial charge in [-0.1, -0.05) is 13.0 Å². The Hall–Kier alpha value is -1.44. The molecule has 1 fully saturated rings. The second-order valence-electron chi connectivity index (χ2n) is 7.30. The predicted molar refractivity (Wildman–Crippen MR) is 117 cm³/mol. The summed E-state index contributed by atoms with van der Waals surface area (Å²) in [7, 11) is 1.84. The molecule has 1 aliphatic heterocycles. The maximum absolute atomic E-state index is 4.50. The fraction of sp³-hybridized carbons (Fsp3) is 0.600. The first-order valence-corrected chi connectivity index (χ1v) is 11.4. The lowest BCUT2D eigenvalue weighted by Crippen LogP contribution is -2.44. The minimum absolute atomic E-state index is 0.406. The highest BCUT2D eigenvalue weighted by Gasteiger charge is 2.25. The molecule has 5 nitrogen and oxygen atoms in total. The van der Waals surface area contributed by atoms with Crippen LogP contribution in [-0.2, 0) is 6.54 Å². The van der Waals surface area contributed by atoms with Gasteiger partial charge in [-0.05, 0) is 57.1 Å². The van der Waals surface area contributed by atoms with E-state index in [0.29, 0.717) is 6.04 Å². The van der Waals surface area contributed by atoms with Gasteiger partial charge >= 0.3 is 0 Å². The Morgan fingerprint density at radius 3 is 2.70 bits per heavy atom. The number of nitrogens with zero attached hydrogens (tertiary/aromatic N) is 3. The number of piperidine rings is 1.